The van der Waals surface area contributed by atoms with Gasteiger partial charge in [-0.15, -0.1) is 0 Å². The molecule has 0 aliphatic heterocycles. The van der Waals surface area contributed by atoms with Gasteiger partial charge in [0, 0.05) is 5.69 Å². The lowest BCUT2D eigenvalue weighted by molar-refractivity contribution is -0.115. The molecule has 0 aliphatic carbocycles. The Balaban J connectivity index is 3.07. The van der Waals surface area contributed by atoms with Crippen molar-refractivity contribution < 1.29 is 13.2 Å². The summed E-state index contributed by atoms with van der Waals surface area (Å²) in [6.45, 7) is 3.58. The number of alkyl halides is 1. The van der Waals surface area contributed by atoms with Gasteiger partial charge >= 0.3 is 0 Å². The lowest BCUT2D eigenvalue weighted by atomic mass is 10.2. The molecule has 0 radical (unpaired) electrons. The second-order valence-corrected chi connectivity index (χ2v) is 7.01. The number of aryl methyl sites for hydroxylation is 1. The molecule has 0 spiro atoms. The van der Waals surface area contributed by atoms with E-state index in [0.29, 0.717) is 17.7 Å². The third kappa shape index (κ3) is 4.02. The first kappa shape index (κ1) is 16.1. The first-order chi connectivity index (χ1) is 8.81. The smallest absolute Gasteiger partial charge is 0.240 e. The minimum Gasteiger partial charge on any atom is -0.325 e. The van der Waals surface area contributed by atoms with Crippen LogP contribution in [0.4, 0.5) is 5.69 Å². The minimum atomic E-state index is -3.53. The number of hydrogen-bond acceptors (Lipinski definition) is 3. The Morgan fingerprint density at radius 2 is 2.05 bits per heavy atom. The zero-order chi connectivity index (χ0) is 14.6. The molecule has 7 heteroatoms. The van der Waals surface area contributed by atoms with E-state index in [9.17, 15) is 13.2 Å². The molecule has 0 aliphatic rings. The summed E-state index contributed by atoms with van der Waals surface area (Å²) in [4.78, 5) is 11.6. The number of carbonyl (C=O) groups excluding carboxylic acids is 1. The lowest BCUT2D eigenvalue weighted by Crippen LogP contribution is -2.23. The van der Waals surface area contributed by atoms with Crippen molar-refractivity contribution in [2.45, 2.75) is 30.0 Å². The fraction of sp³-hybridized carbons (Fsp3) is 0.417. The Kier molecular flexibility index (Phi) is 5.51. The van der Waals surface area contributed by atoms with Crippen molar-refractivity contribution in [3.05, 3.63) is 23.8 Å². The molecule has 19 heavy (non-hydrogen) atoms. The fourth-order valence-corrected chi connectivity index (χ4v) is 2.59. The van der Waals surface area contributed by atoms with E-state index in [-0.39, 0.29) is 15.6 Å². The summed E-state index contributed by atoms with van der Waals surface area (Å²) in [6, 6.07) is 4.79. The normalized spacial score (nSPS) is 13.1. The summed E-state index contributed by atoms with van der Waals surface area (Å²) >= 11 is 3.24. The van der Waals surface area contributed by atoms with E-state index in [2.05, 4.69) is 26.0 Å². The number of rotatable bonds is 5. The molecule has 5 nitrogen and oxygen atoms in total. The van der Waals surface area contributed by atoms with Crippen molar-refractivity contribution in [1.82, 2.24) is 4.72 Å². The van der Waals surface area contributed by atoms with Crippen LogP contribution >= 0.6 is 15.9 Å². The molecule has 0 saturated heterocycles. The van der Waals surface area contributed by atoms with Gasteiger partial charge in [0.15, 0.2) is 0 Å². The molecule has 1 aromatic carbocycles. The summed E-state index contributed by atoms with van der Waals surface area (Å²) < 4.78 is 25.9. The van der Waals surface area contributed by atoms with Crippen LogP contribution < -0.4 is 10.0 Å². The van der Waals surface area contributed by atoms with E-state index in [1.807, 2.05) is 6.92 Å². The zero-order valence-electron chi connectivity index (χ0n) is 11.0. The first-order valence-corrected chi connectivity index (χ1v) is 8.20. The SMILES string of the molecule is CCC(Br)C(=O)Nc1ccc(C)c(S(=O)(=O)NC)c1. The summed E-state index contributed by atoms with van der Waals surface area (Å²) in [5.74, 6) is -0.195. The topological polar surface area (TPSA) is 75.3 Å². The lowest BCUT2D eigenvalue weighted by Gasteiger charge is -2.12. The maximum absolute atomic E-state index is 11.8. The molecule has 1 atom stereocenters. The molecule has 0 bridgehead atoms. The van der Waals surface area contributed by atoms with Crippen LogP contribution in [0.3, 0.4) is 0 Å². The Morgan fingerprint density at radius 1 is 1.42 bits per heavy atom. The average Bonchev–Trinajstić information content (AvgIpc) is 2.39. The van der Waals surface area contributed by atoms with Gasteiger partial charge in [0.1, 0.15) is 0 Å². The largest absolute Gasteiger partial charge is 0.325 e. The molecule has 1 aromatic rings. The quantitative estimate of drug-likeness (QED) is 0.799. The fourth-order valence-electron chi connectivity index (χ4n) is 1.48. The van der Waals surface area contributed by atoms with Crippen LogP contribution in [-0.2, 0) is 14.8 Å². The van der Waals surface area contributed by atoms with Crippen LogP contribution in [0.15, 0.2) is 23.1 Å². The van der Waals surface area contributed by atoms with Crippen LogP contribution in [0.5, 0.6) is 0 Å². The number of hydrogen-bond donors (Lipinski definition) is 2. The van der Waals surface area contributed by atoms with E-state index >= 15 is 0 Å². The predicted molar refractivity (Wildman–Crippen MR) is 79.1 cm³/mol. The summed E-state index contributed by atoms with van der Waals surface area (Å²) in [7, 11) is -2.17. The van der Waals surface area contributed by atoms with Crippen LogP contribution in [0.1, 0.15) is 18.9 Å². The Labute approximate surface area is 122 Å². The van der Waals surface area contributed by atoms with Crippen molar-refractivity contribution >= 4 is 37.5 Å². The highest BCUT2D eigenvalue weighted by molar-refractivity contribution is 9.10. The van der Waals surface area contributed by atoms with Crippen molar-refractivity contribution in [2.24, 2.45) is 0 Å². The van der Waals surface area contributed by atoms with Crippen molar-refractivity contribution in [2.75, 3.05) is 12.4 Å². The molecule has 0 heterocycles. The second-order valence-electron chi connectivity index (χ2n) is 4.05. The average molecular weight is 349 g/mol. The van der Waals surface area contributed by atoms with Crippen LogP contribution in [-0.4, -0.2) is 26.2 Å². The van der Waals surface area contributed by atoms with Crippen LogP contribution in [0, 0.1) is 6.92 Å². The van der Waals surface area contributed by atoms with Crippen molar-refractivity contribution in [1.29, 1.82) is 0 Å². The van der Waals surface area contributed by atoms with Gasteiger partial charge in [0.05, 0.1) is 9.72 Å². The molecular weight excluding hydrogens is 332 g/mol. The number of amides is 1. The Morgan fingerprint density at radius 3 is 2.58 bits per heavy atom. The monoisotopic (exact) mass is 348 g/mol. The Bertz CT molecular complexity index is 572. The highest BCUT2D eigenvalue weighted by Gasteiger charge is 2.17. The molecule has 0 saturated carbocycles. The van der Waals surface area contributed by atoms with Gasteiger partial charge in [-0.05, 0) is 38.1 Å². The molecule has 1 rings (SSSR count). The molecular formula is C12H17BrN2O3S. The van der Waals surface area contributed by atoms with E-state index < -0.39 is 10.0 Å². The number of anilines is 1. The van der Waals surface area contributed by atoms with Gasteiger partial charge in [0.2, 0.25) is 15.9 Å². The molecule has 1 amide bonds. The predicted octanol–water partition coefficient (Wildman–Crippen LogP) is 2.02. The summed E-state index contributed by atoms with van der Waals surface area (Å²) in [5.41, 5.74) is 1.08. The number of benzene rings is 1. The summed E-state index contributed by atoms with van der Waals surface area (Å²) in [5, 5.41) is 2.68. The van der Waals surface area contributed by atoms with E-state index in [0.717, 1.165) is 0 Å². The number of halogens is 1. The van der Waals surface area contributed by atoms with Gasteiger partial charge in [-0.1, -0.05) is 28.9 Å². The molecule has 0 fully saturated rings. The van der Waals surface area contributed by atoms with Crippen molar-refractivity contribution in [3.8, 4) is 0 Å². The van der Waals surface area contributed by atoms with Gasteiger partial charge in [0.25, 0.3) is 0 Å². The minimum absolute atomic E-state index is 0.162. The number of nitrogens with one attached hydrogen (secondary N) is 2. The molecule has 106 valence electrons. The van der Waals surface area contributed by atoms with Crippen LogP contribution in [0.2, 0.25) is 0 Å². The third-order valence-corrected chi connectivity index (χ3v) is 5.28. The zero-order valence-corrected chi connectivity index (χ0v) is 13.4. The maximum Gasteiger partial charge on any atom is 0.240 e. The first-order valence-electron chi connectivity index (χ1n) is 5.81. The standard InChI is InChI=1S/C12H17BrN2O3S/c1-4-10(13)12(16)15-9-6-5-8(2)11(7-9)19(17,18)14-3/h5-7,10,14H,4H2,1-3H3,(H,15,16). The van der Waals surface area contributed by atoms with E-state index in [1.54, 1.807) is 19.1 Å². The highest BCUT2D eigenvalue weighted by Crippen LogP contribution is 2.20. The van der Waals surface area contributed by atoms with E-state index in [1.165, 1.54) is 13.1 Å². The third-order valence-electron chi connectivity index (χ3n) is 2.66. The van der Waals surface area contributed by atoms with Crippen molar-refractivity contribution in [3.63, 3.8) is 0 Å². The highest BCUT2D eigenvalue weighted by atomic mass is 79.9. The molecule has 0 aromatic heterocycles. The van der Waals surface area contributed by atoms with Gasteiger partial charge in [-0.2, -0.15) is 0 Å². The number of sulfonamides is 1. The molecule has 2 N–H and O–H groups in total. The maximum atomic E-state index is 11.8. The molecule has 1 unspecified atom stereocenters. The van der Waals surface area contributed by atoms with Gasteiger partial charge < -0.3 is 5.32 Å². The summed E-state index contributed by atoms with van der Waals surface area (Å²) in [6.07, 6.45) is 0.652. The van der Waals surface area contributed by atoms with Gasteiger partial charge in [-0.3, -0.25) is 4.79 Å². The number of carbonyl (C=O) groups is 1. The van der Waals surface area contributed by atoms with E-state index in [4.69, 9.17) is 0 Å². The Hall–Kier alpha value is -0.920. The second kappa shape index (κ2) is 6.49. The van der Waals surface area contributed by atoms with Gasteiger partial charge in [-0.25, -0.2) is 13.1 Å². The van der Waals surface area contributed by atoms with Crippen LogP contribution in [0.25, 0.3) is 0 Å².